The number of methoxy groups -OCH3 is 1. The Balaban J connectivity index is 1.83. The van der Waals surface area contributed by atoms with E-state index >= 15 is 0 Å². The number of rotatable bonds is 4. The normalized spacial score (nSPS) is 10.4. The number of halogens is 2. The molecule has 6 nitrogen and oxygen atoms in total. The fourth-order valence-electron chi connectivity index (χ4n) is 1.77. The molecule has 0 saturated heterocycles. The molecule has 0 bridgehead atoms. The Bertz CT molecular complexity index is 828. The summed E-state index contributed by atoms with van der Waals surface area (Å²) in [5.74, 6) is 2.24. The van der Waals surface area contributed by atoms with Crippen LogP contribution in [0.2, 0.25) is 10.2 Å². The molecule has 0 atom stereocenters. The first-order valence-electron chi connectivity index (χ1n) is 6.48. The summed E-state index contributed by atoms with van der Waals surface area (Å²) in [6.07, 6.45) is 4.43. The fraction of sp³-hybridized carbons (Fsp3) is 0.0667. The van der Waals surface area contributed by atoms with Crippen LogP contribution in [0.1, 0.15) is 0 Å². The van der Waals surface area contributed by atoms with Crippen molar-refractivity contribution in [2.24, 2.45) is 0 Å². The third-order valence-electron chi connectivity index (χ3n) is 2.83. The molecule has 0 radical (unpaired) electrons. The van der Waals surface area contributed by atoms with E-state index in [4.69, 9.17) is 32.7 Å². The summed E-state index contributed by atoms with van der Waals surface area (Å²) in [5.41, 5.74) is 0. The van der Waals surface area contributed by atoms with Crippen molar-refractivity contribution in [3.8, 4) is 28.9 Å². The standard InChI is InChI=1S/C15H10Cl2N4O2/c1-22-11-4-2-3-5-12(11)23-9-6-18-14(19-7-9)15-20-8-10(16)13(17)21-15/h2-8H,1H3. The maximum absolute atomic E-state index is 5.86. The number of para-hydroxylation sites is 2. The number of ether oxygens (including phenoxy) is 2. The first-order valence-corrected chi connectivity index (χ1v) is 7.24. The van der Waals surface area contributed by atoms with Crippen LogP contribution in [0.15, 0.2) is 42.9 Å². The first kappa shape index (κ1) is 15.5. The molecule has 0 spiro atoms. The largest absolute Gasteiger partial charge is 0.493 e. The summed E-state index contributed by atoms with van der Waals surface area (Å²) in [4.78, 5) is 16.4. The smallest absolute Gasteiger partial charge is 0.199 e. The Morgan fingerprint density at radius 3 is 2.17 bits per heavy atom. The highest BCUT2D eigenvalue weighted by Crippen LogP contribution is 2.30. The van der Waals surface area contributed by atoms with Crippen molar-refractivity contribution in [3.63, 3.8) is 0 Å². The van der Waals surface area contributed by atoms with Crippen LogP contribution in [0.3, 0.4) is 0 Å². The van der Waals surface area contributed by atoms with Crippen molar-refractivity contribution >= 4 is 23.2 Å². The van der Waals surface area contributed by atoms with Crippen molar-refractivity contribution in [1.29, 1.82) is 0 Å². The zero-order valence-corrected chi connectivity index (χ0v) is 13.4. The van der Waals surface area contributed by atoms with Crippen LogP contribution in [0.25, 0.3) is 11.6 Å². The Hall–Kier alpha value is -2.44. The van der Waals surface area contributed by atoms with Gasteiger partial charge in [0.15, 0.2) is 34.1 Å². The quantitative estimate of drug-likeness (QED) is 0.662. The number of benzene rings is 1. The molecule has 0 aliphatic rings. The van der Waals surface area contributed by atoms with E-state index in [0.717, 1.165) is 0 Å². The van der Waals surface area contributed by atoms with Crippen LogP contribution in [-0.2, 0) is 0 Å². The molecule has 116 valence electrons. The lowest BCUT2D eigenvalue weighted by Crippen LogP contribution is -1.96. The molecule has 8 heteroatoms. The molecule has 0 saturated carbocycles. The zero-order chi connectivity index (χ0) is 16.2. The van der Waals surface area contributed by atoms with E-state index in [1.165, 1.54) is 18.6 Å². The minimum atomic E-state index is 0.148. The van der Waals surface area contributed by atoms with Crippen LogP contribution in [-0.4, -0.2) is 27.0 Å². The molecule has 3 aromatic rings. The number of hydrogen-bond donors (Lipinski definition) is 0. The van der Waals surface area contributed by atoms with E-state index in [0.29, 0.717) is 23.1 Å². The second-order valence-corrected chi connectivity index (χ2v) is 5.09. The van der Waals surface area contributed by atoms with Gasteiger partial charge in [-0.25, -0.2) is 19.9 Å². The number of nitrogens with zero attached hydrogens (tertiary/aromatic N) is 4. The first-order chi connectivity index (χ1) is 11.2. The second-order valence-electron chi connectivity index (χ2n) is 4.33. The summed E-state index contributed by atoms with van der Waals surface area (Å²) in [7, 11) is 1.57. The molecule has 0 fully saturated rings. The summed E-state index contributed by atoms with van der Waals surface area (Å²) in [6.45, 7) is 0. The molecule has 3 rings (SSSR count). The van der Waals surface area contributed by atoms with Gasteiger partial charge in [-0.2, -0.15) is 0 Å². The summed E-state index contributed by atoms with van der Waals surface area (Å²) < 4.78 is 10.9. The van der Waals surface area contributed by atoms with Crippen LogP contribution in [0.5, 0.6) is 17.2 Å². The van der Waals surface area contributed by atoms with Gasteiger partial charge in [-0.15, -0.1) is 0 Å². The minimum Gasteiger partial charge on any atom is -0.493 e. The topological polar surface area (TPSA) is 70.0 Å². The number of hydrogen-bond acceptors (Lipinski definition) is 6. The predicted octanol–water partition coefficient (Wildman–Crippen LogP) is 4.04. The van der Waals surface area contributed by atoms with E-state index in [9.17, 15) is 0 Å². The van der Waals surface area contributed by atoms with Gasteiger partial charge in [0.2, 0.25) is 0 Å². The highest BCUT2D eigenvalue weighted by Gasteiger charge is 2.10. The van der Waals surface area contributed by atoms with Gasteiger partial charge in [0, 0.05) is 0 Å². The van der Waals surface area contributed by atoms with Crippen LogP contribution in [0.4, 0.5) is 0 Å². The Morgan fingerprint density at radius 2 is 1.52 bits per heavy atom. The Labute approximate surface area is 142 Å². The summed E-state index contributed by atoms with van der Waals surface area (Å²) in [6, 6.07) is 7.28. The molecule has 2 aromatic heterocycles. The van der Waals surface area contributed by atoms with Crippen molar-refractivity contribution in [3.05, 3.63) is 53.0 Å². The molecule has 1 aromatic carbocycles. The molecule has 23 heavy (non-hydrogen) atoms. The van der Waals surface area contributed by atoms with Crippen molar-refractivity contribution in [2.45, 2.75) is 0 Å². The monoisotopic (exact) mass is 348 g/mol. The van der Waals surface area contributed by atoms with E-state index in [1.807, 2.05) is 12.1 Å². The van der Waals surface area contributed by atoms with Crippen molar-refractivity contribution < 1.29 is 9.47 Å². The molecule has 0 aliphatic heterocycles. The molecule has 0 unspecified atom stereocenters. The Kier molecular flexibility index (Phi) is 4.55. The lowest BCUT2D eigenvalue weighted by atomic mass is 10.3. The van der Waals surface area contributed by atoms with E-state index in [1.54, 1.807) is 19.2 Å². The molecular weight excluding hydrogens is 339 g/mol. The van der Waals surface area contributed by atoms with Gasteiger partial charge in [0.05, 0.1) is 30.7 Å². The highest BCUT2D eigenvalue weighted by molar-refractivity contribution is 6.41. The minimum absolute atomic E-state index is 0.148. The zero-order valence-electron chi connectivity index (χ0n) is 11.9. The maximum Gasteiger partial charge on any atom is 0.199 e. The molecule has 2 heterocycles. The van der Waals surface area contributed by atoms with Crippen molar-refractivity contribution in [2.75, 3.05) is 7.11 Å². The third kappa shape index (κ3) is 3.49. The highest BCUT2D eigenvalue weighted by atomic mass is 35.5. The van der Waals surface area contributed by atoms with E-state index in [2.05, 4.69) is 19.9 Å². The second kappa shape index (κ2) is 6.76. The number of aromatic nitrogens is 4. The SMILES string of the molecule is COc1ccccc1Oc1cnc(-c2ncc(Cl)c(Cl)n2)nc1. The van der Waals surface area contributed by atoms with E-state index in [-0.39, 0.29) is 16.0 Å². The predicted molar refractivity (Wildman–Crippen MR) is 86.1 cm³/mol. The average Bonchev–Trinajstić information content (AvgIpc) is 2.58. The third-order valence-corrected chi connectivity index (χ3v) is 3.49. The van der Waals surface area contributed by atoms with Crippen LogP contribution in [0, 0.1) is 0 Å². The maximum atomic E-state index is 5.86. The molecule has 0 N–H and O–H groups in total. The Morgan fingerprint density at radius 1 is 0.870 bits per heavy atom. The average molecular weight is 349 g/mol. The van der Waals surface area contributed by atoms with Crippen LogP contribution < -0.4 is 9.47 Å². The molecular formula is C15H10Cl2N4O2. The van der Waals surface area contributed by atoms with Gasteiger partial charge in [-0.3, -0.25) is 0 Å². The van der Waals surface area contributed by atoms with Gasteiger partial charge in [0.1, 0.15) is 0 Å². The fourth-order valence-corrected chi connectivity index (χ4v) is 1.99. The summed E-state index contributed by atoms with van der Waals surface area (Å²) in [5, 5.41) is 0.418. The van der Waals surface area contributed by atoms with Crippen molar-refractivity contribution in [1.82, 2.24) is 19.9 Å². The molecule has 0 amide bonds. The van der Waals surface area contributed by atoms with Gasteiger partial charge in [0.25, 0.3) is 0 Å². The van der Waals surface area contributed by atoms with Gasteiger partial charge < -0.3 is 9.47 Å². The van der Waals surface area contributed by atoms with Gasteiger partial charge in [-0.1, -0.05) is 35.3 Å². The van der Waals surface area contributed by atoms with Gasteiger partial charge >= 0.3 is 0 Å². The lowest BCUT2D eigenvalue weighted by Gasteiger charge is -2.09. The van der Waals surface area contributed by atoms with E-state index < -0.39 is 0 Å². The molecule has 0 aliphatic carbocycles. The lowest BCUT2D eigenvalue weighted by molar-refractivity contribution is 0.378. The summed E-state index contributed by atoms with van der Waals surface area (Å²) >= 11 is 11.6. The van der Waals surface area contributed by atoms with Gasteiger partial charge in [-0.05, 0) is 12.1 Å². The van der Waals surface area contributed by atoms with Crippen LogP contribution >= 0.6 is 23.2 Å².